The highest BCUT2D eigenvalue weighted by Crippen LogP contribution is 2.36. The van der Waals surface area contributed by atoms with Gasteiger partial charge < -0.3 is 19.7 Å². The van der Waals surface area contributed by atoms with Crippen molar-refractivity contribution in [1.82, 2.24) is 19.8 Å². The van der Waals surface area contributed by atoms with E-state index in [0.717, 1.165) is 0 Å². The van der Waals surface area contributed by atoms with Crippen molar-refractivity contribution in [2.75, 3.05) is 31.0 Å². The molecule has 1 aliphatic heterocycles. The number of fused-ring (bicyclic) bond motifs is 1. The number of rotatable bonds is 5. The van der Waals surface area contributed by atoms with Crippen LogP contribution in [0, 0.1) is 5.92 Å². The number of methoxy groups -OCH3 is 2. The normalized spacial score (nSPS) is 16.7. The fraction of sp³-hybridized carbons (Fsp3) is 0.312. The molecule has 140 valence electrons. The van der Waals surface area contributed by atoms with E-state index < -0.39 is 5.92 Å². The highest BCUT2D eigenvalue weighted by atomic mass is 32.1. The number of benzene rings is 1. The first-order valence-corrected chi connectivity index (χ1v) is 8.91. The van der Waals surface area contributed by atoms with Crippen LogP contribution in [0.3, 0.4) is 0 Å². The number of carbonyl (C=O) groups excluding carboxylic acids is 2. The van der Waals surface area contributed by atoms with Crippen molar-refractivity contribution in [2.45, 2.75) is 6.42 Å². The van der Waals surface area contributed by atoms with Crippen molar-refractivity contribution < 1.29 is 19.1 Å². The van der Waals surface area contributed by atoms with E-state index in [0.29, 0.717) is 27.3 Å². The SMILES string of the molecule is COc1ccc(OC)c(N2CC(C(=O)Nc3nn4cnnc4s3)CC2=O)c1. The summed E-state index contributed by atoms with van der Waals surface area (Å²) in [6, 6.07) is 5.20. The minimum Gasteiger partial charge on any atom is -0.497 e. The lowest BCUT2D eigenvalue weighted by molar-refractivity contribution is -0.122. The van der Waals surface area contributed by atoms with E-state index in [-0.39, 0.29) is 24.8 Å². The molecule has 1 aliphatic rings. The molecule has 27 heavy (non-hydrogen) atoms. The van der Waals surface area contributed by atoms with Crippen LogP contribution in [-0.4, -0.2) is 52.4 Å². The van der Waals surface area contributed by atoms with Crippen molar-refractivity contribution in [3.63, 3.8) is 0 Å². The highest BCUT2D eigenvalue weighted by molar-refractivity contribution is 7.20. The van der Waals surface area contributed by atoms with Crippen LogP contribution in [-0.2, 0) is 9.59 Å². The standard InChI is InChI=1S/C16H16N6O4S/c1-25-10-3-4-12(26-2)11(6-10)21-7-9(5-13(21)23)14(24)18-15-20-22-8-17-19-16(22)27-15/h3-4,6,8-9H,5,7H2,1-2H3,(H,18,20,24). The summed E-state index contributed by atoms with van der Waals surface area (Å²) in [5, 5.41) is 14.9. The molecule has 0 radical (unpaired) electrons. The second-order valence-corrected chi connectivity index (χ2v) is 6.85. The number of carbonyl (C=O) groups is 2. The molecule has 11 heteroatoms. The van der Waals surface area contributed by atoms with Crippen molar-refractivity contribution in [3.8, 4) is 11.5 Å². The van der Waals surface area contributed by atoms with E-state index in [1.165, 1.54) is 29.3 Å². The van der Waals surface area contributed by atoms with Crippen LogP contribution < -0.4 is 19.7 Å². The lowest BCUT2D eigenvalue weighted by atomic mass is 10.1. The van der Waals surface area contributed by atoms with Crippen molar-refractivity contribution in [2.24, 2.45) is 5.92 Å². The Bertz CT molecular complexity index is 987. The van der Waals surface area contributed by atoms with Crippen LogP contribution in [0.1, 0.15) is 6.42 Å². The van der Waals surface area contributed by atoms with Crippen LogP contribution in [0.4, 0.5) is 10.8 Å². The van der Waals surface area contributed by atoms with Gasteiger partial charge in [0.05, 0.1) is 25.8 Å². The van der Waals surface area contributed by atoms with Gasteiger partial charge in [-0.15, -0.1) is 15.3 Å². The first kappa shape index (κ1) is 17.2. The van der Waals surface area contributed by atoms with Gasteiger partial charge in [-0.25, -0.2) is 0 Å². The molecule has 0 bridgehead atoms. The third-order valence-electron chi connectivity index (χ3n) is 4.29. The maximum absolute atomic E-state index is 12.6. The smallest absolute Gasteiger partial charge is 0.236 e. The van der Waals surface area contributed by atoms with Gasteiger partial charge in [0.2, 0.25) is 21.9 Å². The molecule has 10 nitrogen and oxygen atoms in total. The summed E-state index contributed by atoms with van der Waals surface area (Å²) in [7, 11) is 3.08. The zero-order valence-electron chi connectivity index (χ0n) is 14.6. The number of anilines is 2. The van der Waals surface area contributed by atoms with Gasteiger partial charge in [-0.1, -0.05) is 11.3 Å². The number of nitrogens with one attached hydrogen (secondary N) is 1. The van der Waals surface area contributed by atoms with Gasteiger partial charge in [-0.3, -0.25) is 9.59 Å². The van der Waals surface area contributed by atoms with Crippen molar-refractivity contribution in [1.29, 1.82) is 0 Å². The number of nitrogens with zero attached hydrogens (tertiary/aromatic N) is 5. The molecule has 2 aromatic heterocycles. The van der Waals surface area contributed by atoms with Crippen LogP contribution in [0.15, 0.2) is 24.5 Å². The Kier molecular flexibility index (Phi) is 4.36. The molecule has 1 saturated heterocycles. The molecule has 3 aromatic rings. The van der Waals surface area contributed by atoms with Gasteiger partial charge in [0.1, 0.15) is 17.8 Å². The summed E-state index contributed by atoms with van der Waals surface area (Å²) in [5.74, 6) is 0.227. The average Bonchev–Trinajstić information content (AvgIpc) is 3.35. The summed E-state index contributed by atoms with van der Waals surface area (Å²) in [6.07, 6.45) is 1.56. The number of amides is 2. The Morgan fingerprint density at radius 1 is 1.33 bits per heavy atom. The van der Waals surface area contributed by atoms with E-state index in [4.69, 9.17) is 9.47 Å². The Hall–Kier alpha value is -3.21. The fourth-order valence-corrected chi connectivity index (χ4v) is 3.66. The Balaban J connectivity index is 1.51. The van der Waals surface area contributed by atoms with E-state index in [2.05, 4.69) is 20.6 Å². The number of hydrogen-bond acceptors (Lipinski definition) is 8. The summed E-state index contributed by atoms with van der Waals surface area (Å²) in [5.41, 5.74) is 0.580. The van der Waals surface area contributed by atoms with E-state index in [1.807, 2.05) is 0 Å². The lowest BCUT2D eigenvalue weighted by Gasteiger charge is -2.20. The minimum atomic E-state index is -0.497. The first-order chi connectivity index (χ1) is 13.1. The maximum Gasteiger partial charge on any atom is 0.236 e. The summed E-state index contributed by atoms with van der Waals surface area (Å²) in [4.78, 5) is 27.2. The van der Waals surface area contributed by atoms with Gasteiger partial charge in [-0.05, 0) is 12.1 Å². The predicted molar refractivity (Wildman–Crippen MR) is 97.3 cm³/mol. The second kappa shape index (κ2) is 6.83. The third kappa shape index (κ3) is 3.16. The summed E-state index contributed by atoms with van der Waals surface area (Å²) >= 11 is 1.21. The number of ether oxygens (including phenoxy) is 2. The molecule has 4 rings (SSSR count). The quantitative estimate of drug-likeness (QED) is 0.699. The fourth-order valence-electron chi connectivity index (χ4n) is 2.94. The molecule has 1 N–H and O–H groups in total. The zero-order chi connectivity index (χ0) is 19.0. The molecule has 3 heterocycles. The van der Waals surface area contributed by atoms with Crippen LogP contribution in [0.25, 0.3) is 4.96 Å². The minimum absolute atomic E-state index is 0.107. The van der Waals surface area contributed by atoms with E-state index >= 15 is 0 Å². The Morgan fingerprint density at radius 2 is 2.19 bits per heavy atom. The molecule has 1 unspecified atom stereocenters. The van der Waals surface area contributed by atoms with Gasteiger partial charge in [0.25, 0.3) is 0 Å². The topological polar surface area (TPSA) is 111 Å². The Morgan fingerprint density at radius 3 is 2.93 bits per heavy atom. The lowest BCUT2D eigenvalue weighted by Crippen LogP contribution is -2.28. The van der Waals surface area contributed by atoms with Crippen LogP contribution >= 0.6 is 11.3 Å². The highest BCUT2D eigenvalue weighted by Gasteiger charge is 2.36. The van der Waals surface area contributed by atoms with Crippen LogP contribution in [0.5, 0.6) is 11.5 Å². The average molecular weight is 388 g/mol. The molecule has 1 fully saturated rings. The number of aromatic nitrogens is 4. The van der Waals surface area contributed by atoms with Gasteiger partial charge in [0, 0.05) is 19.0 Å². The molecule has 0 aliphatic carbocycles. The molecule has 0 spiro atoms. The molecule has 1 aromatic carbocycles. The van der Waals surface area contributed by atoms with Crippen molar-refractivity contribution in [3.05, 3.63) is 24.5 Å². The summed E-state index contributed by atoms with van der Waals surface area (Å²) in [6.45, 7) is 0.248. The molecule has 1 atom stereocenters. The largest absolute Gasteiger partial charge is 0.497 e. The summed E-state index contributed by atoms with van der Waals surface area (Å²) < 4.78 is 12.1. The van der Waals surface area contributed by atoms with E-state index in [9.17, 15) is 9.59 Å². The molecular weight excluding hydrogens is 372 g/mol. The molecule has 0 saturated carbocycles. The third-order valence-corrected chi connectivity index (χ3v) is 5.12. The zero-order valence-corrected chi connectivity index (χ0v) is 15.4. The number of hydrogen-bond donors (Lipinski definition) is 1. The monoisotopic (exact) mass is 388 g/mol. The first-order valence-electron chi connectivity index (χ1n) is 8.09. The maximum atomic E-state index is 12.6. The van der Waals surface area contributed by atoms with Gasteiger partial charge in [-0.2, -0.15) is 4.52 Å². The van der Waals surface area contributed by atoms with Gasteiger partial charge >= 0.3 is 0 Å². The van der Waals surface area contributed by atoms with Gasteiger partial charge in [0.15, 0.2) is 0 Å². The molecular formula is C16H16N6O4S. The van der Waals surface area contributed by atoms with E-state index in [1.54, 1.807) is 30.2 Å². The van der Waals surface area contributed by atoms with Crippen LogP contribution in [0.2, 0.25) is 0 Å². The Labute approximate surface area is 157 Å². The predicted octanol–water partition coefficient (Wildman–Crippen LogP) is 1.19. The second-order valence-electron chi connectivity index (χ2n) is 5.90. The molecule has 2 amide bonds. The van der Waals surface area contributed by atoms with Crippen molar-refractivity contribution >= 4 is 38.9 Å².